The number of benzene rings is 1. The topological polar surface area (TPSA) is 91.0 Å². The van der Waals surface area contributed by atoms with Gasteiger partial charge in [0.2, 0.25) is 0 Å². The van der Waals surface area contributed by atoms with Crippen molar-refractivity contribution in [3.8, 4) is 22.8 Å². The predicted octanol–water partition coefficient (Wildman–Crippen LogP) is 3.45. The number of carbonyl (C=O) groups excluding carboxylic acids is 1. The van der Waals surface area contributed by atoms with Crippen LogP contribution in [0.1, 0.15) is 35.4 Å². The molecule has 0 bridgehead atoms. The van der Waals surface area contributed by atoms with Crippen molar-refractivity contribution >= 4 is 11.6 Å². The van der Waals surface area contributed by atoms with Crippen LogP contribution >= 0.6 is 0 Å². The smallest absolute Gasteiger partial charge is 0.433 e. The van der Waals surface area contributed by atoms with Gasteiger partial charge in [-0.2, -0.15) is 18.3 Å². The molecule has 7 nitrogen and oxygen atoms in total. The summed E-state index contributed by atoms with van der Waals surface area (Å²) in [5, 5.41) is 23.0. The molecule has 2 aromatic heterocycles. The van der Waals surface area contributed by atoms with Crippen molar-refractivity contribution in [2.24, 2.45) is 0 Å². The minimum Gasteiger partial charge on any atom is -0.504 e. The Morgan fingerprint density at radius 3 is 2.38 bits per heavy atom. The lowest BCUT2D eigenvalue weighted by molar-refractivity contribution is -0.142. The Morgan fingerprint density at radius 1 is 1.00 bits per heavy atom. The maximum Gasteiger partial charge on any atom is 0.433 e. The number of likely N-dealkylation sites (tertiary alicyclic amines) is 1. The Labute approximate surface area is 163 Å². The third-order valence-electron chi connectivity index (χ3n) is 4.85. The fourth-order valence-electron chi connectivity index (χ4n) is 3.37. The van der Waals surface area contributed by atoms with Gasteiger partial charge in [-0.25, -0.2) is 9.50 Å². The number of carbonyl (C=O) groups is 1. The van der Waals surface area contributed by atoms with E-state index in [2.05, 4.69) is 10.1 Å². The number of rotatable bonds is 2. The number of aromatic hydroxyl groups is 2. The van der Waals surface area contributed by atoms with Crippen LogP contribution in [0.25, 0.3) is 16.9 Å². The molecule has 4 rings (SSSR count). The Bertz CT molecular complexity index is 1090. The molecule has 1 aromatic carbocycles. The van der Waals surface area contributed by atoms with E-state index < -0.39 is 29.3 Å². The first-order chi connectivity index (χ1) is 13.7. The number of alkyl halides is 3. The minimum atomic E-state index is -4.74. The van der Waals surface area contributed by atoms with Crippen LogP contribution in [0.4, 0.5) is 13.2 Å². The molecule has 0 atom stereocenters. The molecule has 1 aliphatic rings. The lowest BCUT2D eigenvalue weighted by Gasteiger charge is -2.25. The first kappa shape index (κ1) is 19.0. The molecule has 3 heterocycles. The van der Waals surface area contributed by atoms with Gasteiger partial charge < -0.3 is 15.1 Å². The molecule has 0 saturated carbocycles. The highest BCUT2D eigenvalue weighted by molar-refractivity contribution is 5.93. The molecular formula is C19H17F3N4O3. The van der Waals surface area contributed by atoms with E-state index in [1.165, 1.54) is 12.1 Å². The summed E-state index contributed by atoms with van der Waals surface area (Å²) in [6.45, 7) is 1.09. The second-order valence-electron chi connectivity index (χ2n) is 6.88. The van der Waals surface area contributed by atoms with Crippen molar-refractivity contribution in [2.45, 2.75) is 25.4 Å². The monoisotopic (exact) mass is 406 g/mol. The van der Waals surface area contributed by atoms with Gasteiger partial charge in [-0.1, -0.05) is 0 Å². The van der Waals surface area contributed by atoms with Crippen LogP contribution in [0.2, 0.25) is 0 Å². The average molecular weight is 406 g/mol. The number of nitrogens with zero attached hydrogens (tertiary/aromatic N) is 4. The Balaban J connectivity index is 1.83. The lowest BCUT2D eigenvalue weighted by Crippen LogP contribution is -2.35. The van der Waals surface area contributed by atoms with E-state index in [1.807, 2.05) is 0 Å². The summed E-state index contributed by atoms with van der Waals surface area (Å²) >= 11 is 0. The van der Waals surface area contributed by atoms with Crippen molar-refractivity contribution in [1.82, 2.24) is 19.5 Å². The number of piperidine rings is 1. The quantitative estimate of drug-likeness (QED) is 0.636. The lowest BCUT2D eigenvalue weighted by atomic mass is 10.1. The van der Waals surface area contributed by atoms with Crippen LogP contribution in [0.3, 0.4) is 0 Å². The summed E-state index contributed by atoms with van der Waals surface area (Å²) in [7, 11) is 0. The molecule has 1 amide bonds. The largest absolute Gasteiger partial charge is 0.504 e. The van der Waals surface area contributed by atoms with E-state index in [4.69, 9.17) is 0 Å². The zero-order valence-electron chi connectivity index (χ0n) is 15.1. The second kappa shape index (κ2) is 6.94. The number of hydrogen-bond acceptors (Lipinski definition) is 5. The first-order valence-corrected chi connectivity index (χ1v) is 9.04. The van der Waals surface area contributed by atoms with E-state index in [-0.39, 0.29) is 22.6 Å². The summed E-state index contributed by atoms with van der Waals surface area (Å²) < 4.78 is 41.6. The van der Waals surface area contributed by atoms with Crippen LogP contribution in [-0.4, -0.2) is 48.7 Å². The third-order valence-corrected chi connectivity index (χ3v) is 4.85. The zero-order chi connectivity index (χ0) is 20.8. The van der Waals surface area contributed by atoms with Crippen LogP contribution < -0.4 is 0 Å². The van der Waals surface area contributed by atoms with Gasteiger partial charge in [0.25, 0.3) is 5.91 Å². The number of aromatic nitrogens is 3. The average Bonchev–Trinajstić information content (AvgIpc) is 3.12. The fraction of sp³-hybridized carbons (Fsp3) is 0.316. The van der Waals surface area contributed by atoms with E-state index in [0.717, 1.165) is 37.5 Å². The molecular weight excluding hydrogens is 389 g/mol. The van der Waals surface area contributed by atoms with Crippen LogP contribution in [0.5, 0.6) is 11.5 Å². The van der Waals surface area contributed by atoms with Gasteiger partial charge in [-0.15, -0.1) is 0 Å². The summed E-state index contributed by atoms with van der Waals surface area (Å²) in [6.07, 6.45) is -2.04. The Kier molecular flexibility index (Phi) is 4.56. The second-order valence-corrected chi connectivity index (χ2v) is 6.88. The van der Waals surface area contributed by atoms with E-state index in [0.29, 0.717) is 17.6 Å². The summed E-state index contributed by atoms with van der Waals surface area (Å²) in [6, 6.07) is 5.64. The molecule has 0 unspecified atom stereocenters. The van der Waals surface area contributed by atoms with Gasteiger partial charge >= 0.3 is 6.18 Å². The Hall–Kier alpha value is -3.30. The van der Waals surface area contributed by atoms with E-state index in [9.17, 15) is 28.2 Å². The number of halogens is 3. The van der Waals surface area contributed by atoms with Crippen molar-refractivity contribution in [2.75, 3.05) is 13.1 Å². The van der Waals surface area contributed by atoms with Gasteiger partial charge in [-0.05, 0) is 43.5 Å². The molecule has 1 saturated heterocycles. The molecule has 29 heavy (non-hydrogen) atoms. The molecule has 0 radical (unpaired) electrons. The normalized spacial score (nSPS) is 15.1. The highest BCUT2D eigenvalue weighted by atomic mass is 19.4. The molecule has 0 spiro atoms. The van der Waals surface area contributed by atoms with Crippen molar-refractivity contribution in [1.29, 1.82) is 0 Å². The third kappa shape index (κ3) is 3.57. The molecule has 152 valence electrons. The fourth-order valence-corrected chi connectivity index (χ4v) is 3.37. The van der Waals surface area contributed by atoms with Crippen molar-refractivity contribution < 1.29 is 28.2 Å². The summed E-state index contributed by atoms with van der Waals surface area (Å²) in [5.41, 5.74) is -1.23. The predicted molar refractivity (Wildman–Crippen MR) is 96.5 cm³/mol. The first-order valence-electron chi connectivity index (χ1n) is 9.04. The van der Waals surface area contributed by atoms with Gasteiger partial charge in [0, 0.05) is 24.7 Å². The van der Waals surface area contributed by atoms with E-state index >= 15 is 0 Å². The molecule has 1 aliphatic heterocycles. The number of hydrogen-bond donors (Lipinski definition) is 2. The maximum absolute atomic E-state index is 13.6. The molecule has 3 aromatic rings. The molecule has 2 N–H and O–H groups in total. The van der Waals surface area contributed by atoms with E-state index in [1.54, 1.807) is 4.90 Å². The van der Waals surface area contributed by atoms with Crippen molar-refractivity contribution in [3.05, 3.63) is 41.7 Å². The maximum atomic E-state index is 13.6. The van der Waals surface area contributed by atoms with Crippen LogP contribution in [0, 0.1) is 0 Å². The van der Waals surface area contributed by atoms with Crippen LogP contribution in [-0.2, 0) is 6.18 Å². The van der Waals surface area contributed by atoms with Gasteiger partial charge in [0.15, 0.2) is 28.5 Å². The Morgan fingerprint density at radius 2 is 1.72 bits per heavy atom. The van der Waals surface area contributed by atoms with Gasteiger partial charge in [-0.3, -0.25) is 4.79 Å². The SMILES string of the molecule is O=C(c1cc2nc(-c3ccc(O)c(O)c3)cc(C(F)(F)F)n2n1)N1CCCCC1. The highest BCUT2D eigenvalue weighted by Gasteiger charge is 2.36. The number of phenolic OH excluding ortho intramolecular Hbond substituents is 2. The van der Waals surface area contributed by atoms with Gasteiger partial charge in [0.05, 0.1) is 5.69 Å². The standard InChI is InChI=1S/C19H17F3N4O3/c20-19(21,22)16-9-12(11-4-5-14(27)15(28)8-11)23-17-10-13(24-26(16)17)18(29)25-6-2-1-3-7-25/h4-5,8-10,27-28H,1-3,6-7H2. The zero-order valence-corrected chi connectivity index (χ0v) is 15.1. The number of fused-ring (bicyclic) bond motifs is 1. The molecule has 1 fully saturated rings. The summed E-state index contributed by atoms with van der Waals surface area (Å²) in [5.74, 6) is -1.30. The highest BCUT2D eigenvalue weighted by Crippen LogP contribution is 2.34. The summed E-state index contributed by atoms with van der Waals surface area (Å²) in [4.78, 5) is 18.4. The molecule has 0 aliphatic carbocycles. The van der Waals surface area contributed by atoms with Crippen molar-refractivity contribution in [3.63, 3.8) is 0 Å². The van der Waals surface area contributed by atoms with Gasteiger partial charge in [0.1, 0.15) is 0 Å². The number of phenols is 2. The number of amides is 1. The minimum absolute atomic E-state index is 0.0722. The molecule has 10 heteroatoms. The van der Waals surface area contributed by atoms with Crippen LogP contribution in [0.15, 0.2) is 30.3 Å².